The van der Waals surface area contributed by atoms with Crippen LogP contribution in [0, 0.1) is 0 Å². The van der Waals surface area contributed by atoms with E-state index >= 15 is 0 Å². The van der Waals surface area contributed by atoms with Gasteiger partial charge in [-0.3, -0.25) is 9.68 Å². The lowest BCUT2D eigenvalue weighted by atomic mass is 10.1. The Morgan fingerprint density at radius 1 is 0.818 bits per heavy atom. The summed E-state index contributed by atoms with van der Waals surface area (Å²) >= 11 is 0. The maximum atomic E-state index is 6.07. The molecule has 2 aromatic carbocycles. The van der Waals surface area contributed by atoms with Crippen LogP contribution in [0.4, 0.5) is 11.4 Å². The molecule has 2 aromatic rings. The zero-order chi connectivity index (χ0) is 14.8. The number of para-hydroxylation sites is 2. The summed E-state index contributed by atoms with van der Waals surface area (Å²) in [6, 6.07) is 20.3. The van der Waals surface area contributed by atoms with Crippen LogP contribution in [0.25, 0.3) is 0 Å². The Balaban J connectivity index is 1.49. The molecule has 1 atom stereocenters. The maximum Gasteiger partial charge on any atom is 0.134 e. The van der Waals surface area contributed by atoms with Crippen molar-refractivity contribution in [3.63, 3.8) is 0 Å². The minimum absolute atomic E-state index is 0.00563. The summed E-state index contributed by atoms with van der Waals surface area (Å²) < 4.78 is 0. The first-order chi connectivity index (χ1) is 10.9. The molecule has 0 aromatic heterocycles. The molecule has 2 aliphatic heterocycles. The molecule has 0 N–H and O–H groups in total. The van der Waals surface area contributed by atoms with Crippen molar-refractivity contribution >= 4 is 11.4 Å². The average molecular weight is 294 g/mol. The maximum absolute atomic E-state index is 6.07. The molecule has 0 saturated carbocycles. The molecule has 2 aliphatic rings. The highest BCUT2D eigenvalue weighted by atomic mass is 16.7. The molecule has 22 heavy (non-hydrogen) atoms. The monoisotopic (exact) mass is 294 g/mol. The van der Waals surface area contributed by atoms with Gasteiger partial charge in [-0.2, -0.15) is 0 Å². The highest BCUT2D eigenvalue weighted by molar-refractivity contribution is 5.48. The Kier molecular flexibility index (Phi) is 3.54. The van der Waals surface area contributed by atoms with E-state index in [9.17, 15) is 0 Å². The number of hydrogen-bond acceptors (Lipinski definition) is 4. The number of hydroxylamine groups is 2. The molecule has 1 fully saturated rings. The molecule has 4 nitrogen and oxygen atoms in total. The number of fused-ring (bicyclic) bond motifs is 1. The summed E-state index contributed by atoms with van der Waals surface area (Å²) in [5.41, 5.74) is 3.43. The van der Waals surface area contributed by atoms with E-state index in [1.165, 1.54) is 5.57 Å². The second kappa shape index (κ2) is 5.83. The van der Waals surface area contributed by atoms with Gasteiger partial charge in [0.15, 0.2) is 0 Å². The summed E-state index contributed by atoms with van der Waals surface area (Å²) in [5.74, 6) is 0. The first-order valence-electron chi connectivity index (χ1n) is 7.54. The summed E-state index contributed by atoms with van der Waals surface area (Å²) in [4.78, 5) is 11.9. The van der Waals surface area contributed by atoms with Crippen LogP contribution in [0.2, 0.25) is 0 Å². The molecule has 0 amide bonds. The van der Waals surface area contributed by atoms with E-state index in [0.717, 1.165) is 24.5 Å². The lowest BCUT2D eigenvalue weighted by Gasteiger charge is -2.40. The van der Waals surface area contributed by atoms with Gasteiger partial charge < -0.3 is 0 Å². The van der Waals surface area contributed by atoms with E-state index in [4.69, 9.17) is 9.68 Å². The van der Waals surface area contributed by atoms with Crippen LogP contribution in [0.15, 0.2) is 72.3 Å². The molecular formula is C18H18N2O2. The van der Waals surface area contributed by atoms with Gasteiger partial charge in [-0.1, -0.05) is 42.5 Å². The minimum Gasteiger partial charge on any atom is -0.270 e. The Bertz CT molecular complexity index is 620. The van der Waals surface area contributed by atoms with E-state index in [-0.39, 0.29) is 6.10 Å². The number of hydrogen-bond donors (Lipinski definition) is 0. The van der Waals surface area contributed by atoms with Gasteiger partial charge in [0.05, 0.1) is 24.5 Å². The third-order valence-electron chi connectivity index (χ3n) is 3.98. The minimum atomic E-state index is -0.00563. The molecule has 1 saturated heterocycles. The lowest BCUT2D eigenvalue weighted by Crippen LogP contribution is -2.47. The fourth-order valence-electron chi connectivity index (χ4n) is 2.79. The first kappa shape index (κ1) is 13.4. The highest BCUT2D eigenvalue weighted by Crippen LogP contribution is 2.28. The molecule has 112 valence electrons. The molecule has 0 aliphatic carbocycles. The fourth-order valence-corrected chi connectivity index (χ4v) is 2.79. The predicted octanol–water partition coefficient (Wildman–Crippen LogP) is 3.19. The van der Waals surface area contributed by atoms with Gasteiger partial charge in [-0.05, 0) is 29.8 Å². The lowest BCUT2D eigenvalue weighted by molar-refractivity contribution is -0.0408. The Labute approximate surface area is 130 Å². The fraction of sp³-hybridized carbons (Fsp3) is 0.222. The number of rotatable bonds is 2. The van der Waals surface area contributed by atoms with Crippen LogP contribution >= 0.6 is 0 Å². The Morgan fingerprint density at radius 2 is 1.45 bits per heavy atom. The smallest absolute Gasteiger partial charge is 0.134 e. The van der Waals surface area contributed by atoms with Crippen molar-refractivity contribution < 1.29 is 9.68 Å². The van der Waals surface area contributed by atoms with Crippen molar-refractivity contribution in [1.29, 1.82) is 0 Å². The predicted molar refractivity (Wildman–Crippen MR) is 86.5 cm³/mol. The van der Waals surface area contributed by atoms with E-state index < -0.39 is 0 Å². The molecule has 0 bridgehead atoms. The molecule has 4 heteroatoms. The molecule has 0 unspecified atom stereocenters. The zero-order valence-corrected chi connectivity index (χ0v) is 12.3. The van der Waals surface area contributed by atoms with Crippen molar-refractivity contribution in [3.8, 4) is 0 Å². The summed E-state index contributed by atoms with van der Waals surface area (Å²) in [7, 11) is 0. The molecule has 2 heterocycles. The Morgan fingerprint density at radius 3 is 2.14 bits per heavy atom. The van der Waals surface area contributed by atoms with Gasteiger partial charge in [-0.15, -0.1) is 0 Å². The Hall–Kier alpha value is -2.30. The van der Waals surface area contributed by atoms with E-state index in [1.54, 1.807) is 0 Å². The van der Waals surface area contributed by atoms with Crippen LogP contribution in [0.5, 0.6) is 0 Å². The molecule has 4 rings (SSSR count). The van der Waals surface area contributed by atoms with Crippen molar-refractivity contribution in [1.82, 2.24) is 0 Å². The number of benzene rings is 2. The molecule has 0 spiro atoms. The van der Waals surface area contributed by atoms with Gasteiger partial charge in [0.2, 0.25) is 0 Å². The third kappa shape index (κ3) is 2.58. The van der Waals surface area contributed by atoms with Crippen LogP contribution in [0.3, 0.4) is 0 Å². The standard InChI is InChI=1S/C18H18N2O2/c1-3-7-16(8-4-1)19-12-11-15-13-20(21-14-18(15)22-19)17-9-5-2-6-10-17/h1-11,18H,12-14H2/t18-/m1/s1. The van der Waals surface area contributed by atoms with Gasteiger partial charge in [0.25, 0.3) is 0 Å². The highest BCUT2D eigenvalue weighted by Gasteiger charge is 2.30. The summed E-state index contributed by atoms with van der Waals surface area (Å²) in [5, 5.41) is 3.86. The van der Waals surface area contributed by atoms with Crippen LogP contribution < -0.4 is 10.1 Å². The topological polar surface area (TPSA) is 24.9 Å². The van der Waals surface area contributed by atoms with Crippen LogP contribution in [0.1, 0.15) is 0 Å². The second-order valence-corrected chi connectivity index (χ2v) is 5.44. The average Bonchev–Trinajstić information content (AvgIpc) is 2.62. The number of anilines is 2. The SMILES string of the molecule is C1=C2CN(c3ccccc3)OC[C@H]2ON(c2ccccc2)C1. The second-order valence-electron chi connectivity index (χ2n) is 5.44. The van der Waals surface area contributed by atoms with Gasteiger partial charge >= 0.3 is 0 Å². The zero-order valence-electron chi connectivity index (χ0n) is 12.3. The van der Waals surface area contributed by atoms with Crippen molar-refractivity contribution in [2.45, 2.75) is 6.10 Å². The van der Waals surface area contributed by atoms with E-state index in [2.05, 4.69) is 30.3 Å². The van der Waals surface area contributed by atoms with Gasteiger partial charge in [-0.25, -0.2) is 10.1 Å². The first-order valence-corrected chi connectivity index (χ1v) is 7.54. The van der Waals surface area contributed by atoms with E-state index in [1.807, 2.05) is 46.5 Å². The summed E-state index contributed by atoms with van der Waals surface area (Å²) in [6.07, 6.45) is 2.24. The third-order valence-corrected chi connectivity index (χ3v) is 3.98. The van der Waals surface area contributed by atoms with Gasteiger partial charge in [0.1, 0.15) is 12.7 Å². The van der Waals surface area contributed by atoms with E-state index in [0.29, 0.717) is 6.61 Å². The number of nitrogens with zero attached hydrogens (tertiary/aromatic N) is 2. The van der Waals surface area contributed by atoms with Crippen LogP contribution in [-0.2, 0) is 9.68 Å². The molecular weight excluding hydrogens is 276 g/mol. The van der Waals surface area contributed by atoms with Crippen molar-refractivity contribution in [3.05, 3.63) is 72.3 Å². The normalized spacial score (nSPS) is 21.3. The van der Waals surface area contributed by atoms with Crippen molar-refractivity contribution in [2.75, 3.05) is 29.8 Å². The summed E-state index contributed by atoms with van der Waals surface area (Å²) in [6.45, 7) is 2.04. The van der Waals surface area contributed by atoms with Gasteiger partial charge in [0, 0.05) is 0 Å². The molecule has 0 radical (unpaired) electrons. The quantitative estimate of drug-likeness (QED) is 0.794. The van der Waals surface area contributed by atoms with Crippen LogP contribution in [-0.4, -0.2) is 25.8 Å². The largest absolute Gasteiger partial charge is 0.270 e. The van der Waals surface area contributed by atoms with Crippen molar-refractivity contribution in [2.24, 2.45) is 0 Å².